The molecule has 2 rings (SSSR count). The zero-order chi connectivity index (χ0) is 18.2. The Morgan fingerprint density at radius 1 is 1.28 bits per heavy atom. The predicted octanol–water partition coefficient (Wildman–Crippen LogP) is 3.86. The lowest BCUT2D eigenvalue weighted by atomic mass is 10.0. The van der Waals surface area contributed by atoms with Crippen LogP contribution in [0.5, 0.6) is 0 Å². The maximum Gasteiger partial charge on any atom is 0.293 e. The van der Waals surface area contributed by atoms with Crippen molar-refractivity contribution in [1.82, 2.24) is 10.3 Å². The van der Waals surface area contributed by atoms with Crippen LogP contribution in [0.15, 0.2) is 28.2 Å². The van der Waals surface area contributed by atoms with Gasteiger partial charge in [-0.15, -0.1) is 11.3 Å². The third-order valence-electron chi connectivity index (χ3n) is 3.68. The van der Waals surface area contributed by atoms with E-state index in [1.54, 1.807) is 17.5 Å². The molecule has 136 valence electrons. The summed E-state index contributed by atoms with van der Waals surface area (Å²) in [6.45, 7) is 6.43. The van der Waals surface area contributed by atoms with Gasteiger partial charge in [-0.2, -0.15) is 0 Å². The molecule has 0 aliphatic carbocycles. The van der Waals surface area contributed by atoms with Crippen molar-refractivity contribution in [3.05, 3.63) is 35.2 Å². The molecule has 2 amide bonds. The van der Waals surface area contributed by atoms with E-state index in [0.29, 0.717) is 16.7 Å². The lowest BCUT2D eigenvalue weighted by molar-refractivity contribution is -0.121. The van der Waals surface area contributed by atoms with E-state index in [0.717, 1.165) is 12.8 Å². The first-order chi connectivity index (χ1) is 11.9. The Morgan fingerprint density at radius 2 is 2.08 bits per heavy atom. The summed E-state index contributed by atoms with van der Waals surface area (Å²) in [5.41, 5.74) is 0.645. The van der Waals surface area contributed by atoms with Crippen LogP contribution in [0.25, 0.3) is 0 Å². The highest BCUT2D eigenvalue weighted by atomic mass is 32.1. The number of nitrogens with one attached hydrogen (secondary N) is 2. The maximum absolute atomic E-state index is 12.1. The molecule has 0 fully saturated rings. The third-order valence-corrected chi connectivity index (χ3v) is 4.49. The number of hydrogen-bond acceptors (Lipinski definition) is 5. The van der Waals surface area contributed by atoms with Crippen LogP contribution >= 0.6 is 11.3 Å². The van der Waals surface area contributed by atoms with E-state index < -0.39 is 0 Å². The number of amides is 2. The molecule has 0 bridgehead atoms. The minimum Gasteiger partial charge on any atom is -0.459 e. The SMILES string of the molecule is CC(C)CCCC(C)NC(=O)Cc1csc(NC(=O)c2ccco2)n1. The number of nitrogens with zero attached hydrogens (tertiary/aromatic N) is 1. The number of rotatable bonds is 9. The van der Waals surface area contributed by atoms with Crippen LogP contribution in [-0.4, -0.2) is 22.8 Å². The molecule has 0 saturated carbocycles. The predicted molar refractivity (Wildman–Crippen MR) is 98.8 cm³/mol. The minimum absolute atomic E-state index is 0.0498. The molecule has 0 spiro atoms. The van der Waals surface area contributed by atoms with Gasteiger partial charge < -0.3 is 9.73 Å². The van der Waals surface area contributed by atoms with Crippen molar-refractivity contribution in [1.29, 1.82) is 0 Å². The van der Waals surface area contributed by atoms with Crippen LogP contribution in [0.2, 0.25) is 0 Å². The van der Waals surface area contributed by atoms with Crippen molar-refractivity contribution in [2.24, 2.45) is 5.92 Å². The number of furan rings is 1. The number of carbonyl (C=O) groups is 2. The van der Waals surface area contributed by atoms with Crippen molar-refractivity contribution in [3.63, 3.8) is 0 Å². The van der Waals surface area contributed by atoms with Crippen LogP contribution in [0.1, 0.15) is 56.3 Å². The van der Waals surface area contributed by atoms with E-state index in [2.05, 4.69) is 29.5 Å². The highest BCUT2D eigenvalue weighted by Gasteiger charge is 2.14. The third kappa shape index (κ3) is 6.70. The molecule has 0 saturated heterocycles. The smallest absolute Gasteiger partial charge is 0.293 e. The van der Waals surface area contributed by atoms with Crippen molar-refractivity contribution in [2.75, 3.05) is 5.32 Å². The van der Waals surface area contributed by atoms with Gasteiger partial charge in [-0.1, -0.05) is 26.7 Å². The van der Waals surface area contributed by atoms with Gasteiger partial charge in [0.05, 0.1) is 18.4 Å². The summed E-state index contributed by atoms with van der Waals surface area (Å²) in [5.74, 6) is 0.512. The summed E-state index contributed by atoms with van der Waals surface area (Å²) < 4.78 is 5.03. The fourth-order valence-corrected chi connectivity index (χ4v) is 3.11. The molecule has 2 N–H and O–H groups in total. The van der Waals surface area contributed by atoms with Crippen molar-refractivity contribution >= 4 is 28.3 Å². The van der Waals surface area contributed by atoms with Crippen molar-refractivity contribution < 1.29 is 14.0 Å². The van der Waals surface area contributed by atoms with Crippen molar-refractivity contribution in [2.45, 2.75) is 52.5 Å². The molecule has 6 nitrogen and oxygen atoms in total. The average molecular weight is 363 g/mol. The van der Waals surface area contributed by atoms with E-state index in [4.69, 9.17) is 4.42 Å². The van der Waals surface area contributed by atoms with Gasteiger partial charge in [0, 0.05) is 11.4 Å². The van der Waals surface area contributed by atoms with Gasteiger partial charge in [0.1, 0.15) is 0 Å². The molecule has 1 atom stereocenters. The Hall–Kier alpha value is -2.15. The van der Waals surface area contributed by atoms with Gasteiger partial charge in [-0.05, 0) is 31.4 Å². The molecule has 2 aromatic heterocycles. The minimum atomic E-state index is -0.353. The van der Waals surface area contributed by atoms with E-state index >= 15 is 0 Å². The number of anilines is 1. The molecule has 0 aliphatic heterocycles. The van der Waals surface area contributed by atoms with E-state index in [1.807, 2.05) is 6.92 Å². The average Bonchev–Trinajstić information content (AvgIpc) is 3.18. The Labute approximate surface area is 152 Å². The Kier molecular flexibility index (Phi) is 7.18. The Bertz CT molecular complexity index is 680. The zero-order valence-electron chi connectivity index (χ0n) is 14.9. The maximum atomic E-state index is 12.1. The van der Waals surface area contributed by atoms with Crippen LogP contribution in [0.3, 0.4) is 0 Å². The van der Waals surface area contributed by atoms with Crippen LogP contribution in [0, 0.1) is 5.92 Å². The van der Waals surface area contributed by atoms with Crippen molar-refractivity contribution in [3.8, 4) is 0 Å². The van der Waals surface area contributed by atoms with Gasteiger partial charge >= 0.3 is 0 Å². The molecule has 0 aromatic carbocycles. The van der Waals surface area contributed by atoms with Gasteiger partial charge in [0.25, 0.3) is 5.91 Å². The lowest BCUT2D eigenvalue weighted by Gasteiger charge is -2.14. The molecular weight excluding hydrogens is 338 g/mol. The summed E-state index contributed by atoms with van der Waals surface area (Å²) >= 11 is 1.29. The second kappa shape index (κ2) is 9.36. The fraction of sp³-hybridized carbons (Fsp3) is 0.500. The molecule has 1 unspecified atom stereocenters. The zero-order valence-corrected chi connectivity index (χ0v) is 15.7. The fourth-order valence-electron chi connectivity index (χ4n) is 2.41. The number of aromatic nitrogens is 1. The van der Waals surface area contributed by atoms with E-state index in [-0.39, 0.29) is 30.0 Å². The number of thiazole rings is 1. The lowest BCUT2D eigenvalue weighted by Crippen LogP contribution is -2.33. The monoisotopic (exact) mass is 363 g/mol. The second-order valence-corrected chi connectivity index (χ2v) is 7.40. The second-order valence-electron chi connectivity index (χ2n) is 6.55. The highest BCUT2D eigenvalue weighted by molar-refractivity contribution is 7.14. The standard InChI is InChI=1S/C18H25N3O3S/c1-12(2)6-4-7-13(3)19-16(22)10-14-11-25-18(20-14)21-17(23)15-8-5-9-24-15/h5,8-9,11-13H,4,6-7,10H2,1-3H3,(H,19,22)(H,20,21,23). The van der Waals surface area contributed by atoms with Gasteiger partial charge in [-0.25, -0.2) is 4.98 Å². The van der Waals surface area contributed by atoms with Gasteiger partial charge in [-0.3, -0.25) is 14.9 Å². The summed E-state index contributed by atoms with van der Waals surface area (Å²) in [4.78, 5) is 28.2. The van der Waals surface area contributed by atoms with Crippen LogP contribution in [0.4, 0.5) is 5.13 Å². The number of hydrogen-bond donors (Lipinski definition) is 2. The summed E-state index contributed by atoms with van der Waals surface area (Å²) in [6, 6.07) is 3.38. The first-order valence-corrected chi connectivity index (χ1v) is 9.40. The summed E-state index contributed by atoms with van der Waals surface area (Å²) in [5, 5.41) is 7.89. The van der Waals surface area contributed by atoms with Crippen LogP contribution < -0.4 is 10.6 Å². The molecule has 7 heteroatoms. The van der Waals surface area contributed by atoms with Crippen LogP contribution in [-0.2, 0) is 11.2 Å². The molecule has 2 aromatic rings. The topological polar surface area (TPSA) is 84.2 Å². The molecule has 25 heavy (non-hydrogen) atoms. The first-order valence-electron chi connectivity index (χ1n) is 8.52. The molecule has 0 aliphatic rings. The quantitative estimate of drug-likeness (QED) is 0.708. The summed E-state index contributed by atoms with van der Waals surface area (Å²) in [6.07, 6.45) is 4.91. The Morgan fingerprint density at radius 3 is 2.76 bits per heavy atom. The highest BCUT2D eigenvalue weighted by Crippen LogP contribution is 2.17. The largest absolute Gasteiger partial charge is 0.459 e. The van der Waals surface area contributed by atoms with Gasteiger partial charge in [0.15, 0.2) is 10.9 Å². The summed E-state index contributed by atoms with van der Waals surface area (Å²) in [7, 11) is 0. The molecule has 0 radical (unpaired) electrons. The normalized spacial score (nSPS) is 12.2. The number of carbonyl (C=O) groups excluding carboxylic acids is 2. The first kappa shape index (κ1) is 19.2. The molecular formula is C18H25N3O3S. The Balaban J connectivity index is 1.76. The van der Waals surface area contributed by atoms with E-state index in [9.17, 15) is 9.59 Å². The van der Waals surface area contributed by atoms with Gasteiger partial charge in [0.2, 0.25) is 5.91 Å². The molecule has 2 heterocycles. The van der Waals surface area contributed by atoms with E-state index in [1.165, 1.54) is 24.0 Å².